The Hall–Kier alpha value is -0.780. The Labute approximate surface area is 125 Å². The van der Waals surface area contributed by atoms with Gasteiger partial charge < -0.3 is 9.47 Å². The van der Waals surface area contributed by atoms with Gasteiger partial charge in [-0.1, -0.05) is 19.9 Å². The fourth-order valence-corrected chi connectivity index (χ4v) is 2.37. The van der Waals surface area contributed by atoms with Crippen LogP contribution in [-0.4, -0.2) is 34.0 Å². The summed E-state index contributed by atoms with van der Waals surface area (Å²) in [5, 5.41) is 0. The van der Waals surface area contributed by atoms with Gasteiger partial charge in [-0.15, -0.1) is 0 Å². The maximum atomic E-state index is 10.7. The van der Waals surface area contributed by atoms with E-state index in [-0.39, 0.29) is 12.4 Å². The second-order valence-electron chi connectivity index (χ2n) is 4.88. The number of rotatable bonds is 8. The van der Waals surface area contributed by atoms with Crippen LogP contribution in [0, 0.1) is 6.92 Å². The summed E-state index contributed by atoms with van der Waals surface area (Å²) in [7, 11) is 1.58. The molecular formula is C14H21ClO4S. The van der Waals surface area contributed by atoms with Crippen LogP contribution in [0.2, 0.25) is 0 Å². The molecule has 0 atom stereocenters. The van der Waals surface area contributed by atoms with E-state index in [1.54, 1.807) is 0 Å². The van der Waals surface area contributed by atoms with Crippen molar-refractivity contribution in [3.05, 3.63) is 29.3 Å². The summed E-state index contributed by atoms with van der Waals surface area (Å²) in [5.41, 5.74) is 2.51. The van der Waals surface area contributed by atoms with Gasteiger partial charge in [-0.2, -0.15) is 0 Å². The normalized spacial score (nSPS) is 11.8. The van der Waals surface area contributed by atoms with Crippen molar-refractivity contribution in [2.24, 2.45) is 0 Å². The van der Waals surface area contributed by atoms with E-state index in [1.807, 2.05) is 12.1 Å². The highest BCUT2D eigenvalue weighted by Gasteiger charge is 2.06. The Kier molecular flexibility index (Phi) is 6.79. The fourth-order valence-electron chi connectivity index (χ4n) is 1.86. The van der Waals surface area contributed by atoms with Gasteiger partial charge in [0.05, 0.1) is 19.0 Å². The van der Waals surface area contributed by atoms with Crippen molar-refractivity contribution in [3.63, 3.8) is 0 Å². The Morgan fingerprint density at radius 2 is 1.90 bits per heavy atom. The summed E-state index contributed by atoms with van der Waals surface area (Å²) in [5.74, 6) is 1.10. The number of hydrogen-bond acceptors (Lipinski definition) is 4. The lowest BCUT2D eigenvalue weighted by Gasteiger charge is -2.12. The minimum Gasteiger partial charge on any atom is -0.491 e. The Morgan fingerprint density at radius 1 is 1.20 bits per heavy atom. The van der Waals surface area contributed by atoms with Crippen LogP contribution >= 0.6 is 10.7 Å². The standard InChI is InChI=1S/C14H21ClO4S/c1-11(2)14-5-4-13(10-12(14)3)19-7-6-18-8-9-20(15,16)17/h4-5,10-11H,6-9H2,1-3H3. The van der Waals surface area contributed by atoms with E-state index in [2.05, 4.69) is 26.8 Å². The first kappa shape index (κ1) is 17.3. The maximum Gasteiger partial charge on any atom is 0.234 e. The number of ether oxygens (including phenoxy) is 2. The first-order chi connectivity index (χ1) is 9.29. The smallest absolute Gasteiger partial charge is 0.234 e. The highest BCUT2D eigenvalue weighted by atomic mass is 35.7. The molecule has 0 saturated heterocycles. The zero-order valence-corrected chi connectivity index (χ0v) is 13.6. The van der Waals surface area contributed by atoms with Crippen molar-refractivity contribution in [1.29, 1.82) is 0 Å². The van der Waals surface area contributed by atoms with Crippen molar-refractivity contribution >= 4 is 19.7 Å². The van der Waals surface area contributed by atoms with Gasteiger partial charge in [-0.25, -0.2) is 8.42 Å². The molecule has 0 radical (unpaired) electrons. The summed E-state index contributed by atoms with van der Waals surface area (Å²) in [6.45, 7) is 7.16. The van der Waals surface area contributed by atoms with Crippen LogP contribution in [0.1, 0.15) is 30.9 Å². The quantitative estimate of drug-likeness (QED) is 0.545. The average molecular weight is 321 g/mol. The molecular weight excluding hydrogens is 300 g/mol. The van der Waals surface area contributed by atoms with Crippen LogP contribution in [0.4, 0.5) is 0 Å². The first-order valence-corrected chi connectivity index (χ1v) is 9.01. The van der Waals surface area contributed by atoms with Crippen LogP contribution < -0.4 is 4.74 Å². The van der Waals surface area contributed by atoms with E-state index in [4.69, 9.17) is 20.2 Å². The van der Waals surface area contributed by atoms with Gasteiger partial charge >= 0.3 is 0 Å². The van der Waals surface area contributed by atoms with Crippen LogP contribution in [-0.2, 0) is 13.8 Å². The molecule has 20 heavy (non-hydrogen) atoms. The topological polar surface area (TPSA) is 52.6 Å². The Bertz CT molecular complexity index is 526. The van der Waals surface area contributed by atoms with Crippen molar-refractivity contribution in [2.45, 2.75) is 26.7 Å². The number of benzene rings is 1. The van der Waals surface area contributed by atoms with E-state index in [0.717, 1.165) is 5.75 Å². The molecule has 4 nitrogen and oxygen atoms in total. The molecule has 114 valence electrons. The van der Waals surface area contributed by atoms with Crippen LogP contribution in [0.5, 0.6) is 5.75 Å². The second-order valence-corrected chi connectivity index (χ2v) is 7.77. The molecule has 0 saturated carbocycles. The maximum absolute atomic E-state index is 10.7. The first-order valence-electron chi connectivity index (χ1n) is 6.53. The van der Waals surface area contributed by atoms with Crippen molar-refractivity contribution in [1.82, 2.24) is 0 Å². The second kappa shape index (κ2) is 7.86. The molecule has 1 rings (SSSR count). The Morgan fingerprint density at radius 3 is 2.45 bits per heavy atom. The molecule has 0 bridgehead atoms. The van der Waals surface area contributed by atoms with Crippen LogP contribution in [0.3, 0.4) is 0 Å². The fraction of sp³-hybridized carbons (Fsp3) is 0.571. The van der Waals surface area contributed by atoms with Crippen LogP contribution in [0.15, 0.2) is 18.2 Å². The van der Waals surface area contributed by atoms with Gasteiger partial charge in [0.15, 0.2) is 0 Å². The van der Waals surface area contributed by atoms with Gasteiger partial charge in [-0.05, 0) is 36.1 Å². The Balaban J connectivity index is 2.31. The third kappa shape index (κ3) is 6.59. The molecule has 6 heteroatoms. The zero-order chi connectivity index (χ0) is 15.2. The van der Waals surface area contributed by atoms with Gasteiger partial charge in [-0.3, -0.25) is 0 Å². The van der Waals surface area contributed by atoms with E-state index in [1.165, 1.54) is 11.1 Å². The summed E-state index contributed by atoms with van der Waals surface area (Å²) < 4.78 is 32.0. The molecule has 1 aromatic rings. The SMILES string of the molecule is Cc1cc(OCCOCCS(=O)(=O)Cl)ccc1C(C)C. The average Bonchev–Trinajstić information content (AvgIpc) is 2.32. The summed E-state index contributed by atoms with van der Waals surface area (Å²) >= 11 is 0. The largest absolute Gasteiger partial charge is 0.491 e. The number of hydrogen-bond donors (Lipinski definition) is 0. The molecule has 0 aliphatic rings. The summed E-state index contributed by atoms with van der Waals surface area (Å²) in [6.07, 6.45) is 0. The third-order valence-corrected chi connectivity index (χ3v) is 3.95. The highest BCUT2D eigenvalue weighted by Crippen LogP contribution is 2.23. The lowest BCUT2D eigenvalue weighted by Crippen LogP contribution is -2.12. The van der Waals surface area contributed by atoms with E-state index >= 15 is 0 Å². The molecule has 1 aromatic carbocycles. The van der Waals surface area contributed by atoms with Gasteiger partial charge in [0, 0.05) is 10.7 Å². The summed E-state index contributed by atoms with van der Waals surface area (Å²) in [4.78, 5) is 0. The van der Waals surface area contributed by atoms with Crippen molar-refractivity contribution < 1.29 is 17.9 Å². The monoisotopic (exact) mass is 320 g/mol. The van der Waals surface area contributed by atoms with Gasteiger partial charge in [0.2, 0.25) is 9.05 Å². The summed E-state index contributed by atoms with van der Waals surface area (Å²) in [6, 6.07) is 6.00. The van der Waals surface area contributed by atoms with E-state index in [9.17, 15) is 8.42 Å². The van der Waals surface area contributed by atoms with Gasteiger partial charge in [0.25, 0.3) is 0 Å². The van der Waals surface area contributed by atoms with Gasteiger partial charge in [0.1, 0.15) is 12.4 Å². The predicted octanol–water partition coefficient (Wildman–Crippen LogP) is 3.08. The number of halogens is 1. The molecule has 0 heterocycles. The van der Waals surface area contributed by atoms with Crippen LogP contribution in [0.25, 0.3) is 0 Å². The predicted molar refractivity (Wildman–Crippen MR) is 81.2 cm³/mol. The van der Waals surface area contributed by atoms with Crippen molar-refractivity contribution in [2.75, 3.05) is 25.6 Å². The lowest BCUT2D eigenvalue weighted by molar-refractivity contribution is 0.111. The minimum atomic E-state index is -3.48. The van der Waals surface area contributed by atoms with Crippen molar-refractivity contribution in [3.8, 4) is 5.75 Å². The lowest BCUT2D eigenvalue weighted by atomic mass is 9.98. The number of aryl methyl sites for hydroxylation is 1. The molecule has 0 spiro atoms. The van der Waals surface area contributed by atoms with E-state index < -0.39 is 9.05 Å². The molecule has 0 aliphatic carbocycles. The third-order valence-electron chi connectivity index (χ3n) is 2.83. The molecule has 0 unspecified atom stereocenters. The molecule has 0 N–H and O–H groups in total. The van der Waals surface area contributed by atoms with E-state index in [0.29, 0.717) is 19.1 Å². The minimum absolute atomic E-state index is 0.0838. The molecule has 0 fully saturated rings. The molecule has 0 amide bonds. The highest BCUT2D eigenvalue weighted by molar-refractivity contribution is 8.13. The zero-order valence-electron chi connectivity index (χ0n) is 12.1. The molecule has 0 aliphatic heterocycles. The molecule has 0 aromatic heterocycles.